The number of hydrogen-bond acceptors (Lipinski definition) is 0. The van der Waals surface area contributed by atoms with Gasteiger partial charge in [0.2, 0.25) is 0 Å². The van der Waals surface area contributed by atoms with E-state index in [4.69, 9.17) is 0 Å². The van der Waals surface area contributed by atoms with Crippen molar-refractivity contribution in [2.24, 2.45) is 0 Å². The summed E-state index contributed by atoms with van der Waals surface area (Å²) in [6.07, 6.45) is 4.05. The summed E-state index contributed by atoms with van der Waals surface area (Å²) in [7, 11) is 0. The number of rotatable bonds is 3. The van der Waals surface area contributed by atoms with Crippen molar-refractivity contribution in [2.75, 3.05) is 0 Å². The van der Waals surface area contributed by atoms with Gasteiger partial charge in [0.05, 0.1) is 0 Å². The smallest absolute Gasteiger partial charge is 0.00269 e. The highest BCUT2D eigenvalue weighted by Crippen LogP contribution is 2.34. The molecule has 0 spiro atoms. The Kier molecular flexibility index (Phi) is 3.93. The first kappa shape index (κ1) is 14.3. The lowest BCUT2D eigenvalue weighted by Crippen LogP contribution is -1.89. The van der Waals surface area contributed by atoms with Crippen LogP contribution in [0.15, 0.2) is 79.4 Å². The lowest BCUT2D eigenvalue weighted by molar-refractivity contribution is 1.47. The summed E-state index contributed by atoms with van der Waals surface area (Å²) < 4.78 is 0. The maximum Gasteiger partial charge on any atom is -0.00269 e. The fraction of sp³-hybridized carbons (Fsp3) is 0.0909. The van der Waals surface area contributed by atoms with Crippen molar-refractivity contribution < 1.29 is 0 Å². The summed E-state index contributed by atoms with van der Waals surface area (Å²) in [5.41, 5.74) is 6.23. The maximum absolute atomic E-state index is 3.96. The molecule has 0 nitrogen and oxygen atoms in total. The summed E-state index contributed by atoms with van der Waals surface area (Å²) in [4.78, 5) is 0. The molecule has 0 radical (unpaired) electrons. The number of allylic oxidation sites excluding steroid dienone is 3. The van der Waals surface area contributed by atoms with Crippen molar-refractivity contribution in [1.29, 1.82) is 0 Å². The Morgan fingerprint density at radius 1 is 0.955 bits per heavy atom. The minimum atomic E-state index is 1.17. The SMILES string of the molecule is C=C/C(=C\C)c1cccc2cccc(-c3cccc(C)c3)c12. The minimum Gasteiger partial charge on any atom is -0.0985 e. The van der Waals surface area contributed by atoms with Crippen LogP contribution in [-0.2, 0) is 0 Å². The maximum atomic E-state index is 3.96. The number of fused-ring (bicyclic) bond motifs is 1. The van der Waals surface area contributed by atoms with Crippen LogP contribution in [0.25, 0.3) is 27.5 Å². The van der Waals surface area contributed by atoms with Crippen molar-refractivity contribution >= 4 is 16.3 Å². The van der Waals surface area contributed by atoms with Gasteiger partial charge in [-0.3, -0.25) is 0 Å². The van der Waals surface area contributed by atoms with Gasteiger partial charge in [-0.1, -0.05) is 85.0 Å². The second-order valence-corrected chi connectivity index (χ2v) is 5.53. The molecule has 0 amide bonds. The van der Waals surface area contributed by atoms with Crippen LogP contribution in [-0.4, -0.2) is 0 Å². The van der Waals surface area contributed by atoms with E-state index < -0.39 is 0 Å². The quantitative estimate of drug-likeness (QED) is 0.488. The Labute approximate surface area is 132 Å². The molecule has 0 fully saturated rings. The molecule has 0 unspecified atom stereocenters. The molecule has 0 saturated heterocycles. The Morgan fingerprint density at radius 3 is 2.36 bits per heavy atom. The van der Waals surface area contributed by atoms with E-state index in [0.717, 1.165) is 0 Å². The molecule has 108 valence electrons. The molecule has 0 N–H and O–H groups in total. The second-order valence-electron chi connectivity index (χ2n) is 5.53. The summed E-state index contributed by atoms with van der Waals surface area (Å²) in [5.74, 6) is 0. The standard InChI is InChI=1S/C22H20/c1-4-17(5-2)20-13-7-10-18-11-8-14-21(22(18)20)19-12-6-9-16(3)15-19/h4-15H,1H2,2-3H3/b17-5+. The van der Waals surface area contributed by atoms with Gasteiger partial charge in [-0.2, -0.15) is 0 Å². The molecule has 3 rings (SSSR count). The van der Waals surface area contributed by atoms with E-state index in [0.29, 0.717) is 0 Å². The molecule has 0 aromatic heterocycles. The lowest BCUT2D eigenvalue weighted by atomic mass is 9.91. The van der Waals surface area contributed by atoms with Crippen molar-refractivity contribution in [3.05, 3.63) is 90.5 Å². The summed E-state index contributed by atoms with van der Waals surface area (Å²) in [6, 6.07) is 21.7. The van der Waals surface area contributed by atoms with Crippen LogP contribution in [0.4, 0.5) is 0 Å². The van der Waals surface area contributed by atoms with E-state index in [-0.39, 0.29) is 0 Å². The van der Waals surface area contributed by atoms with Gasteiger partial charge >= 0.3 is 0 Å². The van der Waals surface area contributed by atoms with Crippen molar-refractivity contribution in [3.8, 4) is 11.1 Å². The largest absolute Gasteiger partial charge is 0.0985 e. The molecule has 0 aliphatic carbocycles. The second kappa shape index (κ2) is 6.03. The third-order valence-corrected chi connectivity index (χ3v) is 4.08. The van der Waals surface area contributed by atoms with Gasteiger partial charge in [0.15, 0.2) is 0 Å². The summed E-state index contributed by atoms with van der Waals surface area (Å²) >= 11 is 0. The predicted molar refractivity (Wildman–Crippen MR) is 98.0 cm³/mol. The van der Waals surface area contributed by atoms with E-state index in [9.17, 15) is 0 Å². The van der Waals surface area contributed by atoms with Gasteiger partial charge in [0.25, 0.3) is 0 Å². The molecule has 3 aromatic carbocycles. The van der Waals surface area contributed by atoms with Crippen LogP contribution in [0, 0.1) is 6.92 Å². The van der Waals surface area contributed by atoms with Gasteiger partial charge in [-0.05, 0) is 46.9 Å². The Bertz CT molecular complexity index is 861. The topological polar surface area (TPSA) is 0 Å². The molecule has 0 saturated carbocycles. The molecule has 22 heavy (non-hydrogen) atoms. The molecule has 0 bridgehead atoms. The highest BCUT2D eigenvalue weighted by molar-refractivity contribution is 6.05. The Balaban J connectivity index is 2.39. The fourth-order valence-corrected chi connectivity index (χ4v) is 3.02. The van der Waals surface area contributed by atoms with E-state index in [1.54, 1.807) is 0 Å². The van der Waals surface area contributed by atoms with E-state index >= 15 is 0 Å². The predicted octanol–water partition coefficient (Wildman–Crippen LogP) is 6.40. The molecular formula is C22H20. The third-order valence-electron chi connectivity index (χ3n) is 4.08. The molecule has 0 heteroatoms. The first-order valence-corrected chi connectivity index (χ1v) is 7.62. The molecule has 0 atom stereocenters. The lowest BCUT2D eigenvalue weighted by Gasteiger charge is -2.13. The average Bonchev–Trinajstić information content (AvgIpc) is 2.55. The Morgan fingerprint density at radius 2 is 1.68 bits per heavy atom. The van der Waals surface area contributed by atoms with E-state index in [1.807, 2.05) is 6.08 Å². The van der Waals surface area contributed by atoms with Crippen LogP contribution in [0.2, 0.25) is 0 Å². The third kappa shape index (κ3) is 2.48. The van der Waals surface area contributed by atoms with Gasteiger partial charge in [-0.25, -0.2) is 0 Å². The van der Waals surface area contributed by atoms with Crippen molar-refractivity contribution in [2.45, 2.75) is 13.8 Å². The molecule has 3 aromatic rings. The normalized spacial score (nSPS) is 11.6. The van der Waals surface area contributed by atoms with Gasteiger partial charge in [0, 0.05) is 0 Å². The minimum absolute atomic E-state index is 1.17. The van der Waals surface area contributed by atoms with Gasteiger partial charge < -0.3 is 0 Å². The number of aryl methyl sites for hydroxylation is 1. The number of hydrogen-bond donors (Lipinski definition) is 0. The summed E-state index contributed by atoms with van der Waals surface area (Å²) in [5, 5.41) is 2.56. The zero-order valence-corrected chi connectivity index (χ0v) is 13.1. The van der Waals surface area contributed by atoms with Crippen molar-refractivity contribution in [3.63, 3.8) is 0 Å². The monoisotopic (exact) mass is 284 g/mol. The van der Waals surface area contributed by atoms with Crippen molar-refractivity contribution in [1.82, 2.24) is 0 Å². The van der Waals surface area contributed by atoms with Crippen LogP contribution in [0.3, 0.4) is 0 Å². The first-order chi connectivity index (χ1) is 10.7. The highest BCUT2D eigenvalue weighted by atomic mass is 14.1. The van der Waals surface area contributed by atoms with Crippen LogP contribution >= 0.6 is 0 Å². The molecule has 0 aliphatic rings. The first-order valence-electron chi connectivity index (χ1n) is 7.62. The molecule has 0 heterocycles. The van der Waals surface area contributed by atoms with Gasteiger partial charge in [-0.15, -0.1) is 0 Å². The van der Waals surface area contributed by atoms with Crippen LogP contribution in [0.5, 0.6) is 0 Å². The van der Waals surface area contributed by atoms with E-state index in [1.165, 1.54) is 38.6 Å². The average molecular weight is 284 g/mol. The Hall–Kier alpha value is -2.60. The van der Waals surface area contributed by atoms with Crippen LogP contribution < -0.4 is 0 Å². The molecular weight excluding hydrogens is 264 g/mol. The van der Waals surface area contributed by atoms with E-state index in [2.05, 4.69) is 87.2 Å². The summed E-state index contributed by atoms with van der Waals surface area (Å²) in [6.45, 7) is 8.16. The molecule has 0 aliphatic heterocycles. The van der Waals surface area contributed by atoms with Crippen LogP contribution in [0.1, 0.15) is 18.1 Å². The van der Waals surface area contributed by atoms with Gasteiger partial charge in [0.1, 0.15) is 0 Å². The zero-order chi connectivity index (χ0) is 15.5. The fourth-order valence-electron chi connectivity index (χ4n) is 3.02. The number of benzene rings is 3. The zero-order valence-electron chi connectivity index (χ0n) is 13.1. The highest BCUT2D eigenvalue weighted by Gasteiger charge is 2.09.